The van der Waals surface area contributed by atoms with Crippen molar-refractivity contribution in [3.63, 3.8) is 0 Å². The van der Waals surface area contributed by atoms with Crippen LogP contribution in [0.15, 0.2) is 24.3 Å². The zero-order chi connectivity index (χ0) is 11.9. The molecule has 1 N–H and O–H groups in total. The molecular weight excluding hydrogens is 214 g/mol. The molecule has 0 fully saturated rings. The molecule has 0 amide bonds. The number of nitrogens with one attached hydrogen (secondary N) is 1. The summed E-state index contributed by atoms with van der Waals surface area (Å²) >= 11 is 0. The Kier molecular flexibility index (Phi) is 4.98. The molecule has 0 bridgehead atoms. The van der Waals surface area contributed by atoms with Gasteiger partial charge in [0.1, 0.15) is 0 Å². The van der Waals surface area contributed by atoms with Crippen molar-refractivity contribution < 1.29 is 9.47 Å². The highest BCUT2D eigenvalue weighted by atomic mass is 16.5. The Morgan fingerprint density at radius 2 is 2.12 bits per heavy atom. The maximum absolute atomic E-state index is 5.47. The molecule has 1 aromatic rings. The minimum absolute atomic E-state index is 0.511. The van der Waals surface area contributed by atoms with Gasteiger partial charge < -0.3 is 14.8 Å². The molecule has 3 nitrogen and oxygen atoms in total. The quantitative estimate of drug-likeness (QED) is 0.735. The van der Waals surface area contributed by atoms with E-state index in [4.69, 9.17) is 9.47 Å². The molecule has 1 heterocycles. The monoisotopic (exact) mass is 235 g/mol. The number of ether oxygens (including phenoxy) is 2. The summed E-state index contributed by atoms with van der Waals surface area (Å²) in [7, 11) is 1.70. The third-order valence-corrected chi connectivity index (χ3v) is 3.18. The Labute approximate surface area is 103 Å². The molecule has 0 saturated carbocycles. The lowest BCUT2D eigenvalue weighted by Crippen LogP contribution is -2.13. The molecule has 1 aliphatic rings. The van der Waals surface area contributed by atoms with Crippen LogP contribution in [0.1, 0.15) is 30.0 Å². The standard InChI is InChI=1S/C14H21NO2/c1-16-9-10-17-8-4-7-14-13-6-3-2-5-12(13)11-15-14/h2-3,5-6,14-15H,4,7-11H2,1H3. The van der Waals surface area contributed by atoms with Crippen molar-refractivity contribution in [3.05, 3.63) is 35.4 Å². The van der Waals surface area contributed by atoms with Crippen LogP contribution in [-0.2, 0) is 16.0 Å². The van der Waals surface area contributed by atoms with Crippen molar-refractivity contribution >= 4 is 0 Å². The largest absolute Gasteiger partial charge is 0.382 e. The smallest absolute Gasteiger partial charge is 0.0700 e. The summed E-state index contributed by atoms with van der Waals surface area (Å²) in [5.41, 5.74) is 2.90. The van der Waals surface area contributed by atoms with E-state index in [0.29, 0.717) is 19.3 Å². The van der Waals surface area contributed by atoms with E-state index in [9.17, 15) is 0 Å². The highest BCUT2D eigenvalue weighted by Crippen LogP contribution is 2.28. The van der Waals surface area contributed by atoms with Crippen LogP contribution in [0.3, 0.4) is 0 Å². The van der Waals surface area contributed by atoms with Gasteiger partial charge in [-0.25, -0.2) is 0 Å². The minimum Gasteiger partial charge on any atom is -0.382 e. The van der Waals surface area contributed by atoms with E-state index >= 15 is 0 Å². The Bertz CT molecular complexity index is 341. The van der Waals surface area contributed by atoms with Crippen LogP contribution >= 0.6 is 0 Å². The van der Waals surface area contributed by atoms with Crippen LogP contribution in [0.2, 0.25) is 0 Å². The van der Waals surface area contributed by atoms with Gasteiger partial charge in [0.15, 0.2) is 0 Å². The highest BCUT2D eigenvalue weighted by Gasteiger charge is 2.20. The summed E-state index contributed by atoms with van der Waals surface area (Å²) in [6.45, 7) is 3.21. The number of fused-ring (bicyclic) bond motifs is 1. The van der Waals surface area contributed by atoms with Gasteiger partial charge in [-0.2, -0.15) is 0 Å². The zero-order valence-corrected chi connectivity index (χ0v) is 10.4. The Hall–Kier alpha value is -0.900. The number of hydrogen-bond donors (Lipinski definition) is 1. The van der Waals surface area contributed by atoms with Gasteiger partial charge in [-0.15, -0.1) is 0 Å². The first-order chi connectivity index (χ1) is 8.42. The Morgan fingerprint density at radius 3 is 3.00 bits per heavy atom. The molecule has 17 heavy (non-hydrogen) atoms. The molecule has 3 heteroatoms. The predicted octanol–water partition coefficient (Wildman–Crippen LogP) is 2.27. The Morgan fingerprint density at radius 1 is 1.24 bits per heavy atom. The summed E-state index contributed by atoms with van der Waals surface area (Å²) in [6.07, 6.45) is 2.24. The topological polar surface area (TPSA) is 30.5 Å². The molecular formula is C14H21NO2. The first-order valence-electron chi connectivity index (χ1n) is 6.29. The van der Waals surface area contributed by atoms with Crippen LogP contribution in [-0.4, -0.2) is 26.9 Å². The van der Waals surface area contributed by atoms with Crippen LogP contribution in [0.4, 0.5) is 0 Å². The normalized spacial score (nSPS) is 18.3. The van der Waals surface area contributed by atoms with Crippen LogP contribution in [0, 0.1) is 0 Å². The fourth-order valence-electron chi connectivity index (χ4n) is 2.27. The van der Waals surface area contributed by atoms with Gasteiger partial charge in [-0.05, 0) is 24.0 Å². The summed E-state index contributed by atoms with van der Waals surface area (Å²) in [5, 5.41) is 3.54. The van der Waals surface area contributed by atoms with E-state index < -0.39 is 0 Å². The van der Waals surface area contributed by atoms with Crippen LogP contribution in [0.25, 0.3) is 0 Å². The molecule has 0 aliphatic carbocycles. The second-order valence-corrected chi connectivity index (χ2v) is 4.38. The molecule has 0 radical (unpaired) electrons. The summed E-state index contributed by atoms with van der Waals surface area (Å²) in [6, 6.07) is 9.17. The maximum atomic E-state index is 5.47. The lowest BCUT2D eigenvalue weighted by molar-refractivity contribution is 0.0679. The van der Waals surface area contributed by atoms with Gasteiger partial charge in [0.25, 0.3) is 0 Å². The molecule has 1 atom stereocenters. The number of benzene rings is 1. The van der Waals surface area contributed by atoms with Gasteiger partial charge in [0.2, 0.25) is 0 Å². The maximum Gasteiger partial charge on any atom is 0.0700 e. The second-order valence-electron chi connectivity index (χ2n) is 4.38. The van der Waals surface area contributed by atoms with Crippen LogP contribution < -0.4 is 5.32 Å². The third-order valence-electron chi connectivity index (χ3n) is 3.18. The highest BCUT2D eigenvalue weighted by molar-refractivity contribution is 5.33. The van der Waals surface area contributed by atoms with Gasteiger partial charge in [0.05, 0.1) is 13.2 Å². The molecule has 0 aromatic heterocycles. The van der Waals surface area contributed by atoms with E-state index in [1.54, 1.807) is 7.11 Å². The van der Waals surface area contributed by atoms with E-state index in [1.165, 1.54) is 11.1 Å². The summed E-state index contributed by atoms with van der Waals surface area (Å²) in [4.78, 5) is 0. The van der Waals surface area contributed by atoms with Crippen molar-refractivity contribution in [3.8, 4) is 0 Å². The zero-order valence-electron chi connectivity index (χ0n) is 10.4. The van der Waals surface area contributed by atoms with Gasteiger partial charge in [-0.1, -0.05) is 24.3 Å². The van der Waals surface area contributed by atoms with Crippen molar-refractivity contribution in [1.29, 1.82) is 0 Å². The van der Waals surface area contributed by atoms with E-state index in [2.05, 4.69) is 29.6 Å². The summed E-state index contributed by atoms with van der Waals surface area (Å²) < 4.78 is 10.4. The molecule has 0 spiro atoms. The molecule has 1 unspecified atom stereocenters. The number of hydrogen-bond acceptors (Lipinski definition) is 3. The number of methoxy groups -OCH3 is 1. The molecule has 1 aliphatic heterocycles. The SMILES string of the molecule is COCCOCCCC1NCc2ccccc21. The fraction of sp³-hybridized carbons (Fsp3) is 0.571. The second kappa shape index (κ2) is 6.74. The summed E-state index contributed by atoms with van der Waals surface area (Å²) in [5.74, 6) is 0. The van der Waals surface area contributed by atoms with E-state index in [1.807, 2.05) is 0 Å². The average Bonchev–Trinajstić information content (AvgIpc) is 2.77. The molecule has 1 aromatic carbocycles. The van der Waals surface area contributed by atoms with Crippen molar-refractivity contribution in [2.24, 2.45) is 0 Å². The third kappa shape index (κ3) is 3.53. The lowest BCUT2D eigenvalue weighted by Gasteiger charge is -2.12. The van der Waals surface area contributed by atoms with Crippen molar-refractivity contribution in [2.75, 3.05) is 26.9 Å². The van der Waals surface area contributed by atoms with Gasteiger partial charge in [0, 0.05) is 26.3 Å². The van der Waals surface area contributed by atoms with Crippen molar-refractivity contribution in [1.82, 2.24) is 5.32 Å². The van der Waals surface area contributed by atoms with Crippen LogP contribution in [0.5, 0.6) is 0 Å². The molecule has 94 valence electrons. The van der Waals surface area contributed by atoms with Gasteiger partial charge in [-0.3, -0.25) is 0 Å². The van der Waals surface area contributed by atoms with Crippen molar-refractivity contribution in [2.45, 2.75) is 25.4 Å². The lowest BCUT2D eigenvalue weighted by atomic mass is 10.0. The minimum atomic E-state index is 0.511. The number of rotatable bonds is 7. The molecule has 2 rings (SSSR count). The average molecular weight is 235 g/mol. The van der Waals surface area contributed by atoms with Gasteiger partial charge >= 0.3 is 0 Å². The first-order valence-corrected chi connectivity index (χ1v) is 6.29. The fourth-order valence-corrected chi connectivity index (χ4v) is 2.27. The Balaban J connectivity index is 1.68. The van der Waals surface area contributed by atoms with E-state index in [-0.39, 0.29) is 0 Å². The van der Waals surface area contributed by atoms with E-state index in [0.717, 1.165) is 26.0 Å². The predicted molar refractivity (Wildman–Crippen MR) is 68.0 cm³/mol. The molecule has 0 saturated heterocycles. The first kappa shape index (κ1) is 12.6.